The van der Waals surface area contributed by atoms with Crippen molar-refractivity contribution < 1.29 is 8.63 Å². The predicted octanol–water partition coefficient (Wildman–Crippen LogP) is 5.51. The number of hydrogen-bond donors (Lipinski definition) is 0. The Morgan fingerprint density at radius 3 is 1.58 bits per heavy atom. The smallest absolute Gasteiger partial charge is 0.261 e. The summed E-state index contributed by atoms with van der Waals surface area (Å²) in [6.45, 7) is 12.9. The summed E-state index contributed by atoms with van der Waals surface area (Å²) in [5.41, 5.74) is 1.66. The average Bonchev–Trinajstić information content (AvgIpc) is 2.79. The fourth-order valence-corrected chi connectivity index (χ4v) is 9.11. The molecule has 0 N–H and O–H groups in total. The number of nitrogens with zero attached hydrogens (tertiary/aromatic N) is 1. The van der Waals surface area contributed by atoms with E-state index in [0.717, 1.165) is 11.3 Å². The van der Waals surface area contributed by atoms with Crippen LogP contribution >= 0.6 is 0 Å². The predicted molar refractivity (Wildman–Crippen MR) is 144 cm³/mol. The molecule has 3 nitrogen and oxygen atoms in total. The molecule has 0 saturated carbocycles. The molecule has 0 radical (unpaired) electrons. The Hall–Kier alpha value is -2.34. The largest absolute Gasteiger partial charge is 0.401 e. The van der Waals surface area contributed by atoms with Gasteiger partial charge in [0.05, 0.1) is 17.1 Å². The maximum absolute atomic E-state index is 13.0. The van der Waals surface area contributed by atoms with Gasteiger partial charge < -0.3 is 4.43 Å². The lowest BCUT2D eigenvalue weighted by Gasteiger charge is -2.43. The Balaban J connectivity index is 2.14. The van der Waals surface area contributed by atoms with E-state index in [0.29, 0.717) is 6.61 Å². The lowest BCUT2D eigenvalue weighted by molar-refractivity contribution is 0.352. The summed E-state index contributed by atoms with van der Waals surface area (Å²) in [7, 11) is -4.10. The third-order valence-corrected chi connectivity index (χ3v) is 12.1. The molecular formula is C28H35NO2SSi. The van der Waals surface area contributed by atoms with Crippen molar-refractivity contribution in [2.75, 3.05) is 6.61 Å². The third kappa shape index (κ3) is 5.78. The summed E-state index contributed by atoms with van der Waals surface area (Å²) < 4.78 is 24.3. The SMILES string of the molecule is CC(C)(C)S(=O)/N=C(/CO[Si](c1ccccc1)(c1ccccc1)C(C)(C)C)c1ccccc1. The zero-order chi connectivity index (χ0) is 24.1. The first-order chi connectivity index (χ1) is 15.6. The van der Waals surface area contributed by atoms with Gasteiger partial charge in [-0.25, -0.2) is 4.21 Å². The molecule has 0 aliphatic rings. The molecule has 0 heterocycles. The molecule has 1 unspecified atom stereocenters. The zero-order valence-corrected chi connectivity index (χ0v) is 22.4. The normalized spacial score (nSPS) is 14.2. The van der Waals surface area contributed by atoms with Crippen LogP contribution in [0.3, 0.4) is 0 Å². The molecule has 0 spiro atoms. The lowest BCUT2D eigenvalue weighted by Crippen LogP contribution is -2.67. The van der Waals surface area contributed by atoms with Crippen LogP contribution in [0.25, 0.3) is 0 Å². The summed E-state index contributed by atoms with van der Waals surface area (Å²) in [4.78, 5) is 0. The highest BCUT2D eigenvalue weighted by atomic mass is 32.2. The molecule has 0 aromatic heterocycles. The maximum atomic E-state index is 13.0. The van der Waals surface area contributed by atoms with Crippen molar-refractivity contribution in [3.63, 3.8) is 0 Å². The quantitative estimate of drug-likeness (QED) is 0.332. The van der Waals surface area contributed by atoms with Crippen molar-refractivity contribution in [1.82, 2.24) is 0 Å². The van der Waals surface area contributed by atoms with Crippen LogP contribution in [-0.4, -0.2) is 29.6 Å². The van der Waals surface area contributed by atoms with E-state index in [1.165, 1.54) is 10.4 Å². The summed E-state index contributed by atoms with van der Waals surface area (Å²) in [5.74, 6) is 0. The van der Waals surface area contributed by atoms with E-state index in [-0.39, 0.29) is 5.04 Å². The van der Waals surface area contributed by atoms with Crippen LogP contribution in [0.1, 0.15) is 47.1 Å². The standard InChI is InChI=1S/C28H35NO2SSi/c1-27(2,3)32(30)29-26(23-16-10-7-11-17-23)22-31-33(28(4,5)6,24-18-12-8-13-19-24)25-20-14-9-15-21-25/h7-21H,22H2,1-6H3/b29-26-. The molecule has 0 amide bonds. The second-order valence-electron chi connectivity index (χ2n) is 10.2. The van der Waals surface area contributed by atoms with Gasteiger partial charge in [-0.05, 0) is 41.7 Å². The van der Waals surface area contributed by atoms with Gasteiger partial charge in [-0.1, -0.05) is 112 Å². The summed E-state index contributed by atoms with van der Waals surface area (Å²) >= 11 is 0. The van der Waals surface area contributed by atoms with Gasteiger partial charge in [-0.2, -0.15) is 4.40 Å². The Bertz CT molecular complexity index is 1050. The van der Waals surface area contributed by atoms with E-state index < -0.39 is 24.1 Å². The van der Waals surface area contributed by atoms with Gasteiger partial charge in [-0.15, -0.1) is 0 Å². The Morgan fingerprint density at radius 1 is 0.758 bits per heavy atom. The van der Waals surface area contributed by atoms with Gasteiger partial charge in [-0.3, -0.25) is 0 Å². The van der Waals surface area contributed by atoms with Crippen molar-refractivity contribution in [3.8, 4) is 0 Å². The first-order valence-electron chi connectivity index (χ1n) is 11.4. The van der Waals surface area contributed by atoms with Crippen molar-refractivity contribution >= 4 is 35.4 Å². The lowest BCUT2D eigenvalue weighted by atomic mass is 10.1. The molecule has 3 rings (SSSR count). The van der Waals surface area contributed by atoms with E-state index in [1.54, 1.807) is 0 Å². The monoisotopic (exact) mass is 477 g/mol. The third-order valence-electron chi connectivity index (χ3n) is 5.67. The van der Waals surface area contributed by atoms with E-state index >= 15 is 0 Å². The molecule has 33 heavy (non-hydrogen) atoms. The van der Waals surface area contributed by atoms with Gasteiger partial charge in [0.1, 0.15) is 11.0 Å². The fourth-order valence-electron chi connectivity index (χ4n) is 3.97. The molecular weight excluding hydrogens is 442 g/mol. The van der Waals surface area contributed by atoms with Crippen LogP contribution in [0.5, 0.6) is 0 Å². The Labute approximate surface area is 202 Å². The maximum Gasteiger partial charge on any atom is 0.261 e. The summed E-state index contributed by atoms with van der Waals surface area (Å²) in [6.07, 6.45) is 0. The summed E-state index contributed by atoms with van der Waals surface area (Å²) in [6, 6.07) is 31.1. The van der Waals surface area contributed by atoms with Gasteiger partial charge in [0.2, 0.25) is 0 Å². The Kier molecular flexibility index (Phi) is 7.88. The van der Waals surface area contributed by atoms with Crippen LogP contribution < -0.4 is 10.4 Å². The van der Waals surface area contributed by atoms with Gasteiger partial charge in [0.25, 0.3) is 8.32 Å². The molecule has 174 valence electrons. The Morgan fingerprint density at radius 2 is 1.18 bits per heavy atom. The highest BCUT2D eigenvalue weighted by molar-refractivity contribution is 7.85. The molecule has 3 aromatic carbocycles. The van der Waals surface area contributed by atoms with E-state index in [4.69, 9.17) is 4.43 Å². The molecule has 0 fully saturated rings. The summed E-state index contributed by atoms with van der Waals surface area (Å²) in [5, 5.41) is 2.29. The van der Waals surface area contributed by atoms with Crippen molar-refractivity contribution in [3.05, 3.63) is 96.6 Å². The van der Waals surface area contributed by atoms with E-state index in [2.05, 4.69) is 73.7 Å². The van der Waals surface area contributed by atoms with Crippen molar-refractivity contribution in [2.45, 2.75) is 51.3 Å². The minimum Gasteiger partial charge on any atom is -0.401 e. The second kappa shape index (κ2) is 10.3. The number of hydrogen-bond acceptors (Lipinski definition) is 2. The van der Waals surface area contributed by atoms with Crippen LogP contribution in [-0.2, 0) is 15.4 Å². The molecule has 0 aliphatic heterocycles. The van der Waals surface area contributed by atoms with Gasteiger partial charge in [0, 0.05) is 0 Å². The molecule has 3 aromatic rings. The molecule has 0 saturated heterocycles. The minimum absolute atomic E-state index is 0.138. The van der Waals surface area contributed by atoms with Crippen LogP contribution in [0, 0.1) is 0 Å². The zero-order valence-electron chi connectivity index (χ0n) is 20.5. The second-order valence-corrected chi connectivity index (χ2v) is 16.4. The first kappa shape index (κ1) is 25.3. The van der Waals surface area contributed by atoms with E-state index in [9.17, 15) is 4.21 Å². The molecule has 0 bridgehead atoms. The minimum atomic E-state index is -2.72. The topological polar surface area (TPSA) is 38.7 Å². The molecule has 5 heteroatoms. The highest BCUT2D eigenvalue weighted by Gasteiger charge is 2.50. The van der Waals surface area contributed by atoms with Crippen LogP contribution in [0.15, 0.2) is 95.4 Å². The van der Waals surface area contributed by atoms with Gasteiger partial charge in [0.15, 0.2) is 0 Å². The highest BCUT2D eigenvalue weighted by Crippen LogP contribution is 2.36. The first-order valence-corrected chi connectivity index (χ1v) is 14.4. The molecule has 1 atom stereocenters. The van der Waals surface area contributed by atoms with E-state index in [1.807, 2.05) is 63.2 Å². The van der Waals surface area contributed by atoms with Gasteiger partial charge >= 0.3 is 0 Å². The number of benzene rings is 3. The molecule has 0 aliphatic carbocycles. The van der Waals surface area contributed by atoms with Crippen molar-refractivity contribution in [1.29, 1.82) is 0 Å². The fraction of sp³-hybridized carbons (Fsp3) is 0.321. The van der Waals surface area contributed by atoms with Crippen LogP contribution in [0.4, 0.5) is 0 Å². The average molecular weight is 478 g/mol. The van der Waals surface area contributed by atoms with Crippen LogP contribution in [0.2, 0.25) is 5.04 Å². The van der Waals surface area contributed by atoms with Crippen molar-refractivity contribution in [2.24, 2.45) is 4.40 Å². The number of rotatable bonds is 7.